The van der Waals surface area contributed by atoms with Crippen molar-refractivity contribution < 1.29 is 0 Å². The molecule has 1 aliphatic carbocycles. The van der Waals surface area contributed by atoms with Crippen molar-refractivity contribution in [2.45, 2.75) is 25.2 Å². The molecule has 17 heavy (non-hydrogen) atoms. The fourth-order valence-electron chi connectivity index (χ4n) is 2.38. The van der Waals surface area contributed by atoms with Crippen molar-refractivity contribution in [3.05, 3.63) is 35.0 Å². The number of nitrogens with zero attached hydrogens (tertiary/aromatic N) is 2. The minimum atomic E-state index is 0.573. The van der Waals surface area contributed by atoms with Crippen LogP contribution in [0.5, 0.6) is 0 Å². The lowest BCUT2D eigenvalue weighted by molar-refractivity contribution is 0.616. The normalized spacial score (nSPS) is 18.3. The van der Waals surface area contributed by atoms with Crippen LogP contribution in [-0.2, 0) is 6.42 Å². The lowest BCUT2D eigenvalue weighted by atomic mass is 10.0. The molecule has 4 heteroatoms. The summed E-state index contributed by atoms with van der Waals surface area (Å²) in [7, 11) is 0. The number of aromatic nitrogens is 2. The number of pyridine rings is 1. The highest BCUT2D eigenvalue weighted by atomic mass is 32.1. The molecule has 3 nitrogen and oxygen atoms in total. The van der Waals surface area contributed by atoms with Crippen molar-refractivity contribution >= 4 is 11.3 Å². The van der Waals surface area contributed by atoms with Gasteiger partial charge in [0.05, 0.1) is 11.4 Å². The van der Waals surface area contributed by atoms with Gasteiger partial charge in [-0.05, 0) is 37.9 Å². The maximum atomic E-state index is 5.65. The van der Waals surface area contributed by atoms with Crippen LogP contribution in [0.3, 0.4) is 0 Å². The first kappa shape index (κ1) is 10.9. The Kier molecular flexibility index (Phi) is 2.91. The summed E-state index contributed by atoms with van der Waals surface area (Å²) in [5, 5.41) is 1.05. The summed E-state index contributed by atoms with van der Waals surface area (Å²) < 4.78 is 0. The number of nitrogens with two attached hydrogens (primary N) is 1. The minimum Gasteiger partial charge on any atom is -0.330 e. The van der Waals surface area contributed by atoms with Crippen LogP contribution in [0.25, 0.3) is 10.7 Å². The van der Waals surface area contributed by atoms with Gasteiger partial charge in [0, 0.05) is 17.0 Å². The Morgan fingerprint density at radius 1 is 1.41 bits per heavy atom. The van der Waals surface area contributed by atoms with Crippen LogP contribution in [0.4, 0.5) is 0 Å². The number of aryl methyl sites for hydroxylation is 1. The first-order valence-electron chi connectivity index (χ1n) is 5.99. The third-order valence-electron chi connectivity index (χ3n) is 3.23. The summed E-state index contributed by atoms with van der Waals surface area (Å²) in [5.74, 6) is 0.573. The molecule has 0 saturated carbocycles. The fourth-order valence-corrected chi connectivity index (χ4v) is 3.52. The predicted molar refractivity (Wildman–Crippen MR) is 70.1 cm³/mol. The van der Waals surface area contributed by atoms with E-state index in [1.807, 2.05) is 24.4 Å². The van der Waals surface area contributed by atoms with Crippen LogP contribution in [0.2, 0.25) is 0 Å². The van der Waals surface area contributed by atoms with Crippen LogP contribution in [-0.4, -0.2) is 16.5 Å². The van der Waals surface area contributed by atoms with Crippen molar-refractivity contribution in [3.8, 4) is 10.7 Å². The molecule has 0 spiro atoms. The van der Waals surface area contributed by atoms with Gasteiger partial charge in [-0.25, -0.2) is 4.98 Å². The molecule has 2 heterocycles. The van der Waals surface area contributed by atoms with Gasteiger partial charge in [-0.1, -0.05) is 6.07 Å². The standard InChI is InChI=1S/C13H15N3S/c14-7-6-9-4-5-11-12(9)16-13(17-11)10-3-1-2-8-15-10/h1-3,8-9H,4-7,14H2. The topological polar surface area (TPSA) is 51.8 Å². The molecule has 1 aliphatic rings. The zero-order chi connectivity index (χ0) is 11.7. The van der Waals surface area contributed by atoms with Crippen LogP contribution in [0, 0.1) is 0 Å². The van der Waals surface area contributed by atoms with Gasteiger partial charge in [-0.2, -0.15) is 0 Å². The van der Waals surface area contributed by atoms with Gasteiger partial charge in [0.15, 0.2) is 0 Å². The molecule has 0 radical (unpaired) electrons. The number of rotatable bonds is 3. The first-order valence-corrected chi connectivity index (χ1v) is 6.81. The van der Waals surface area contributed by atoms with Crippen molar-refractivity contribution in [1.82, 2.24) is 9.97 Å². The van der Waals surface area contributed by atoms with Gasteiger partial charge in [0.1, 0.15) is 5.01 Å². The average molecular weight is 245 g/mol. The minimum absolute atomic E-state index is 0.573. The van der Waals surface area contributed by atoms with Gasteiger partial charge in [-0.3, -0.25) is 4.98 Å². The lowest BCUT2D eigenvalue weighted by Crippen LogP contribution is -2.05. The van der Waals surface area contributed by atoms with Crippen LogP contribution < -0.4 is 5.73 Å². The number of thiazole rings is 1. The highest BCUT2D eigenvalue weighted by molar-refractivity contribution is 7.15. The molecule has 0 bridgehead atoms. The first-order chi connectivity index (χ1) is 8.38. The van der Waals surface area contributed by atoms with E-state index in [1.54, 1.807) is 11.3 Å². The predicted octanol–water partition coefficient (Wildman–Crippen LogP) is 2.58. The SMILES string of the molecule is NCCC1CCc2sc(-c3ccccn3)nc21. The van der Waals surface area contributed by atoms with E-state index in [4.69, 9.17) is 10.7 Å². The van der Waals surface area contributed by atoms with E-state index in [9.17, 15) is 0 Å². The van der Waals surface area contributed by atoms with E-state index in [2.05, 4.69) is 4.98 Å². The Hall–Kier alpha value is -1.26. The molecule has 0 saturated heterocycles. The van der Waals surface area contributed by atoms with Gasteiger partial charge >= 0.3 is 0 Å². The van der Waals surface area contributed by atoms with E-state index in [-0.39, 0.29) is 0 Å². The third-order valence-corrected chi connectivity index (χ3v) is 4.39. The molecular formula is C13H15N3S. The maximum Gasteiger partial charge on any atom is 0.142 e. The van der Waals surface area contributed by atoms with E-state index >= 15 is 0 Å². The largest absolute Gasteiger partial charge is 0.330 e. The van der Waals surface area contributed by atoms with Gasteiger partial charge < -0.3 is 5.73 Å². The summed E-state index contributed by atoms with van der Waals surface area (Å²) in [6.07, 6.45) is 5.25. The van der Waals surface area contributed by atoms with Gasteiger partial charge in [0.25, 0.3) is 0 Å². The summed E-state index contributed by atoms with van der Waals surface area (Å²) in [5.41, 5.74) is 7.91. The van der Waals surface area contributed by atoms with E-state index in [0.717, 1.165) is 30.1 Å². The fraction of sp³-hybridized carbons (Fsp3) is 0.385. The van der Waals surface area contributed by atoms with Crippen molar-refractivity contribution in [2.24, 2.45) is 5.73 Å². The average Bonchev–Trinajstić information content (AvgIpc) is 2.93. The summed E-state index contributed by atoms with van der Waals surface area (Å²) in [6, 6.07) is 5.96. The second-order valence-electron chi connectivity index (χ2n) is 4.36. The molecule has 0 fully saturated rings. The quantitative estimate of drug-likeness (QED) is 0.904. The van der Waals surface area contributed by atoms with Crippen LogP contribution in [0.1, 0.15) is 29.3 Å². The molecule has 88 valence electrons. The third kappa shape index (κ3) is 1.98. The highest BCUT2D eigenvalue weighted by Gasteiger charge is 2.26. The molecule has 1 atom stereocenters. The van der Waals surface area contributed by atoms with Crippen molar-refractivity contribution in [1.29, 1.82) is 0 Å². The molecule has 1 unspecified atom stereocenters. The number of fused-ring (bicyclic) bond motifs is 1. The zero-order valence-corrected chi connectivity index (χ0v) is 10.4. The van der Waals surface area contributed by atoms with Gasteiger partial charge in [-0.15, -0.1) is 11.3 Å². The second kappa shape index (κ2) is 4.55. The van der Waals surface area contributed by atoms with E-state index in [1.165, 1.54) is 17.0 Å². The summed E-state index contributed by atoms with van der Waals surface area (Å²) >= 11 is 1.79. The smallest absolute Gasteiger partial charge is 0.142 e. The summed E-state index contributed by atoms with van der Waals surface area (Å²) in [4.78, 5) is 10.6. The van der Waals surface area contributed by atoms with E-state index in [0.29, 0.717) is 5.92 Å². The Balaban J connectivity index is 1.93. The lowest BCUT2D eigenvalue weighted by Gasteiger charge is -2.05. The molecule has 2 aromatic rings. The molecular weight excluding hydrogens is 230 g/mol. The van der Waals surface area contributed by atoms with Crippen LogP contribution in [0.15, 0.2) is 24.4 Å². The van der Waals surface area contributed by atoms with Crippen LogP contribution >= 0.6 is 11.3 Å². The Labute approximate surface area is 105 Å². The van der Waals surface area contributed by atoms with Gasteiger partial charge in [0.2, 0.25) is 0 Å². The molecule has 0 amide bonds. The molecule has 3 rings (SSSR count). The molecule has 0 aliphatic heterocycles. The molecule has 2 aromatic heterocycles. The Bertz CT molecular complexity index is 507. The molecule has 2 N–H and O–H groups in total. The monoisotopic (exact) mass is 245 g/mol. The number of hydrogen-bond acceptors (Lipinski definition) is 4. The zero-order valence-electron chi connectivity index (χ0n) is 9.60. The van der Waals surface area contributed by atoms with Crippen molar-refractivity contribution in [3.63, 3.8) is 0 Å². The Morgan fingerprint density at radius 3 is 3.12 bits per heavy atom. The van der Waals surface area contributed by atoms with Crippen molar-refractivity contribution in [2.75, 3.05) is 6.54 Å². The maximum absolute atomic E-state index is 5.65. The molecule has 0 aromatic carbocycles. The Morgan fingerprint density at radius 2 is 2.35 bits per heavy atom. The highest BCUT2D eigenvalue weighted by Crippen LogP contribution is 2.40. The number of hydrogen-bond donors (Lipinski definition) is 1. The van der Waals surface area contributed by atoms with E-state index < -0.39 is 0 Å². The second-order valence-corrected chi connectivity index (χ2v) is 5.44. The summed E-state index contributed by atoms with van der Waals surface area (Å²) in [6.45, 7) is 0.751.